The van der Waals surface area contributed by atoms with Gasteiger partial charge in [0.25, 0.3) is 5.82 Å². The molecule has 0 saturated carbocycles. The van der Waals surface area contributed by atoms with Gasteiger partial charge in [0, 0.05) is 11.1 Å². The van der Waals surface area contributed by atoms with E-state index in [0.29, 0.717) is 10.8 Å². The lowest BCUT2D eigenvalue weighted by Gasteiger charge is -1.99. The van der Waals surface area contributed by atoms with E-state index in [1.165, 1.54) is 24.3 Å². The Morgan fingerprint density at radius 2 is 1.70 bits per heavy atom. The number of rotatable bonds is 1. The van der Waals surface area contributed by atoms with E-state index in [-0.39, 0.29) is 16.5 Å². The van der Waals surface area contributed by atoms with Crippen LogP contribution < -0.4 is 15.8 Å². The molecule has 0 saturated heterocycles. The van der Waals surface area contributed by atoms with Gasteiger partial charge in [0.15, 0.2) is 0 Å². The van der Waals surface area contributed by atoms with Crippen molar-refractivity contribution in [2.75, 3.05) is 5.73 Å². The molecule has 0 amide bonds. The maximum Gasteiger partial charge on any atom is 0.270 e. The predicted molar refractivity (Wildman–Crippen MR) is 75.2 cm³/mol. The number of anilines is 1. The molecule has 1 aromatic carbocycles. The molecule has 2 rings (SSSR count). The van der Waals surface area contributed by atoms with Gasteiger partial charge in [-0.2, -0.15) is 0 Å². The van der Waals surface area contributed by atoms with Crippen LogP contribution in [0.25, 0.3) is 0 Å². The number of carboxylic acids is 1. The molecular formula is C13H17ClN2O4. The van der Waals surface area contributed by atoms with Crippen molar-refractivity contribution in [3.8, 4) is 0 Å². The monoisotopic (exact) mass is 300 g/mol. The number of pyridine rings is 1. The van der Waals surface area contributed by atoms with Crippen LogP contribution in [0.5, 0.6) is 0 Å². The number of hydrogen-bond donors (Lipinski definition) is 1. The minimum atomic E-state index is -1.18. The van der Waals surface area contributed by atoms with E-state index in [2.05, 4.69) is 4.98 Å². The smallest absolute Gasteiger partial charge is 0.270 e. The number of hydrogen-bond acceptors (Lipinski definition) is 3. The van der Waals surface area contributed by atoms with Crippen molar-refractivity contribution in [3.05, 3.63) is 58.7 Å². The Hall–Kier alpha value is -2.15. The van der Waals surface area contributed by atoms with Crippen molar-refractivity contribution in [1.29, 1.82) is 0 Å². The Morgan fingerprint density at radius 3 is 2.05 bits per heavy atom. The number of halogens is 1. The van der Waals surface area contributed by atoms with E-state index in [1.807, 2.05) is 25.1 Å². The number of aryl methyl sites for hydroxylation is 1. The number of benzene rings is 1. The molecular weight excluding hydrogens is 284 g/mol. The van der Waals surface area contributed by atoms with Gasteiger partial charge in [-0.3, -0.25) is 5.73 Å². The van der Waals surface area contributed by atoms with Crippen molar-refractivity contribution in [2.24, 2.45) is 0 Å². The molecule has 7 heteroatoms. The zero-order valence-corrected chi connectivity index (χ0v) is 11.6. The van der Waals surface area contributed by atoms with Gasteiger partial charge in [0.1, 0.15) is 0 Å². The van der Waals surface area contributed by atoms with Crippen molar-refractivity contribution >= 4 is 23.4 Å². The summed E-state index contributed by atoms with van der Waals surface area (Å²) in [6, 6.07) is 11.5. The van der Waals surface area contributed by atoms with E-state index in [4.69, 9.17) is 17.3 Å². The largest absolute Gasteiger partial charge is 0.545 e. The lowest BCUT2D eigenvalue weighted by Crippen LogP contribution is -2.21. The first kappa shape index (κ1) is 20.2. The topological polar surface area (TPSA) is 143 Å². The van der Waals surface area contributed by atoms with Crippen molar-refractivity contribution in [2.45, 2.75) is 6.92 Å². The standard InChI is InChI=1S/C7H5ClO2.C6H8N2.2H2O/c8-6-3-1-5(2-4-6)7(9)10;1-5-3-2-4-6(7)8-5;;/h1-4H,(H,9,10);2-4H,1H3,(H2,7,8);2*1H2. The van der Waals surface area contributed by atoms with Crippen molar-refractivity contribution < 1.29 is 25.8 Å². The summed E-state index contributed by atoms with van der Waals surface area (Å²) in [6.45, 7) is 1.97. The number of aromatic carboxylic acids is 1. The van der Waals surface area contributed by atoms with Crippen LogP contribution in [-0.4, -0.2) is 16.9 Å². The average molecular weight is 301 g/mol. The number of aromatic nitrogens is 1. The molecule has 0 spiro atoms. The second-order valence-electron chi connectivity index (χ2n) is 3.58. The first-order valence-electron chi connectivity index (χ1n) is 5.20. The van der Waals surface area contributed by atoms with Gasteiger partial charge in [-0.15, -0.1) is 0 Å². The Bertz CT molecular complexity index is 515. The second kappa shape index (κ2) is 9.74. The summed E-state index contributed by atoms with van der Waals surface area (Å²) in [5.41, 5.74) is 6.63. The Balaban J connectivity index is 0. The molecule has 7 N–H and O–H groups in total. The van der Waals surface area contributed by atoms with E-state index in [9.17, 15) is 9.90 Å². The zero-order chi connectivity index (χ0) is 13.5. The molecule has 0 atom stereocenters. The lowest BCUT2D eigenvalue weighted by molar-refractivity contribution is -0.370. The number of H-pyrrole nitrogens is 1. The molecule has 0 bridgehead atoms. The van der Waals surface area contributed by atoms with Crippen LogP contribution in [0.2, 0.25) is 5.02 Å². The second-order valence-corrected chi connectivity index (χ2v) is 4.02. The third-order valence-corrected chi connectivity index (χ3v) is 2.30. The Labute approximate surface area is 121 Å². The van der Waals surface area contributed by atoms with Gasteiger partial charge < -0.3 is 20.9 Å². The van der Waals surface area contributed by atoms with Gasteiger partial charge in [0.2, 0.25) is 0 Å². The summed E-state index contributed by atoms with van der Waals surface area (Å²) >= 11 is 5.50. The van der Waals surface area contributed by atoms with Gasteiger partial charge in [-0.05, 0) is 30.7 Å². The predicted octanol–water partition coefficient (Wildman–Crippen LogP) is -0.555. The highest BCUT2D eigenvalue weighted by atomic mass is 35.5. The zero-order valence-electron chi connectivity index (χ0n) is 10.8. The molecule has 110 valence electrons. The highest BCUT2D eigenvalue weighted by Gasteiger charge is 1.90. The van der Waals surface area contributed by atoms with Gasteiger partial charge in [-0.25, -0.2) is 4.98 Å². The lowest BCUT2D eigenvalue weighted by atomic mass is 10.2. The number of carbonyl (C=O) groups excluding carboxylic acids is 1. The fraction of sp³-hybridized carbons (Fsp3) is 0.0769. The summed E-state index contributed by atoms with van der Waals surface area (Å²) in [4.78, 5) is 13.1. The molecule has 1 heterocycles. The van der Waals surface area contributed by atoms with Gasteiger partial charge in [-0.1, -0.05) is 29.8 Å². The normalized spacial score (nSPS) is 8.30. The van der Waals surface area contributed by atoms with E-state index in [1.54, 1.807) is 0 Å². The highest BCUT2D eigenvalue weighted by Crippen LogP contribution is 2.08. The van der Waals surface area contributed by atoms with Crippen molar-refractivity contribution in [3.63, 3.8) is 0 Å². The van der Waals surface area contributed by atoms with Crippen LogP contribution in [-0.2, 0) is 0 Å². The minimum Gasteiger partial charge on any atom is -0.545 e. The van der Waals surface area contributed by atoms with E-state index in [0.717, 1.165) is 5.69 Å². The molecule has 6 nitrogen and oxygen atoms in total. The van der Waals surface area contributed by atoms with E-state index >= 15 is 0 Å². The molecule has 2 aromatic rings. The van der Waals surface area contributed by atoms with Crippen LogP contribution in [0, 0.1) is 6.92 Å². The number of carbonyl (C=O) groups is 1. The SMILES string of the molecule is Cc1cccc(N)[nH+]1.O.O.O=C([O-])c1ccc(Cl)cc1. The van der Waals surface area contributed by atoms with Gasteiger partial charge >= 0.3 is 0 Å². The molecule has 0 radical (unpaired) electrons. The summed E-state index contributed by atoms with van der Waals surface area (Å²) < 4.78 is 0. The van der Waals surface area contributed by atoms with Crippen LogP contribution in [0.3, 0.4) is 0 Å². The summed E-state index contributed by atoms with van der Waals surface area (Å²) in [6.07, 6.45) is 0. The number of aromatic amines is 1. The number of nitrogen functional groups attached to an aromatic ring is 1. The van der Waals surface area contributed by atoms with E-state index < -0.39 is 5.97 Å². The van der Waals surface area contributed by atoms with Crippen LogP contribution in [0.15, 0.2) is 42.5 Å². The molecule has 0 aliphatic heterocycles. The molecule has 20 heavy (non-hydrogen) atoms. The highest BCUT2D eigenvalue weighted by molar-refractivity contribution is 6.30. The Kier molecular flexibility index (Phi) is 9.82. The molecule has 1 aromatic heterocycles. The summed E-state index contributed by atoms with van der Waals surface area (Å²) in [7, 11) is 0. The molecule has 0 aliphatic carbocycles. The number of nitrogens with two attached hydrogens (primary N) is 1. The summed E-state index contributed by atoms with van der Waals surface area (Å²) in [5, 5.41) is 10.7. The third-order valence-electron chi connectivity index (χ3n) is 2.04. The van der Waals surface area contributed by atoms with Crippen molar-refractivity contribution in [1.82, 2.24) is 0 Å². The molecule has 0 unspecified atom stereocenters. The average Bonchev–Trinajstić information content (AvgIpc) is 2.30. The number of carboxylic acid groups (broad SMARTS) is 1. The quantitative estimate of drug-likeness (QED) is 0.754. The minimum absolute atomic E-state index is 0. The maximum absolute atomic E-state index is 10.2. The molecule has 0 aliphatic rings. The van der Waals surface area contributed by atoms with Crippen LogP contribution >= 0.6 is 11.6 Å². The Morgan fingerprint density at radius 1 is 1.15 bits per heavy atom. The van der Waals surface area contributed by atoms with Gasteiger partial charge in [0.05, 0.1) is 11.7 Å². The van der Waals surface area contributed by atoms with Crippen LogP contribution in [0.4, 0.5) is 5.82 Å². The van der Waals surface area contributed by atoms with Crippen LogP contribution in [0.1, 0.15) is 16.1 Å². The third kappa shape index (κ3) is 7.32. The first-order chi connectivity index (χ1) is 8.49. The maximum atomic E-state index is 10.2. The first-order valence-corrected chi connectivity index (χ1v) is 5.58. The fourth-order valence-electron chi connectivity index (χ4n) is 1.19. The summed E-state index contributed by atoms with van der Waals surface area (Å²) in [5.74, 6) is -0.471. The molecule has 0 fully saturated rings. The number of nitrogens with one attached hydrogen (secondary N) is 1. The fourth-order valence-corrected chi connectivity index (χ4v) is 1.32.